The van der Waals surface area contributed by atoms with Gasteiger partial charge in [-0.05, 0) is 71.9 Å². The standard InChI is InChI=1S/C37H36N4O5S3/c42-49(43,44)33-20-28-13-15-30-32(39-41(35(30)37(28)48-33)22-26-10-5-2-6-11-26)24-46-18-7-17-45-23-31-29-14-12-27-16-19-47-36(27)34(29)40(38-31)21-25-8-3-1-4-9-25/h1-6,8-11,16,19-20H,7,12-15,17-18,21-24H2,(H,42,43,44). The van der Waals surface area contributed by atoms with E-state index in [1.54, 1.807) is 17.4 Å². The van der Waals surface area contributed by atoms with Gasteiger partial charge in [0.25, 0.3) is 0 Å². The van der Waals surface area contributed by atoms with Gasteiger partial charge in [-0.3, -0.25) is 13.9 Å². The van der Waals surface area contributed by atoms with Crippen LogP contribution in [-0.2, 0) is 71.6 Å². The fourth-order valence-electron chi connectivity index (χ4n) is 6.88. The quantitative estimate of drug-likeness (QED) is 0.0997. The van der Waals surface area contributed by atoms with Crippen LogP contribution >= 0.6 is 22.7 Å². The molecule has 49 heavy (non-hydrogen) atoms. The number of aryl methyl sites for hydroxylation is 2. The lowest BCUT2D eigenvalue weighted by atomic mass is 9.95. The molecule has 0 radical (unpaired) electrons. The minimum Gasteiger partial charge on any atom is -0.375 e. The molecule has 0 aliphatic heterocycles. The van der Waals surface area contributed by atoms with Crippen LogP contribution in [-0.4, -0.2) is 45.7 Å². The molecule has 12 heteroatoms. The fraction of sp³-hybridized carbons (Fsp3) is 0.297. The summed E-state index contributed by atoms with van der Waals surface area (Å²) in [6.07, 6.45) is 4.16. The second-order valence-corrected chi connectivity index (χ2v) is 16.1. The van der Waals surface area contributed by atoms with Gasteiger partial charge in [0.2, 0.25) is 0 Å². The summed E-state index contributed by atoms with van der Waals surface area (Å²) < 4.78 is 50.0. The van der Waals surface area contributed by atoms with Crippen molar-refractivity contribution < 1.29 is 22.4 Å². The van der Waals surface area contributed by atoms with Gasteiger partial charge in [0.15, 0.2) is 0 Å². The molecule has 1 N–H and O–H groups in total. The highest BCUT2D eigenvalue weighted by Gasteiger charge is 2.30. The molecule has 0 amide bonds. The molecular formula is C37H36N4O5S3. The summed E-state index contributed by atoms with van der Waals surface area (Å²) in [5.74, 6) is 0. The molecule has 4 aromatic heterocycles. The van der Waals surface area contributed by atoms with Crippen LogP contribution in [0.5, 0.6) is 0 Å². The SMILES string of the molecule is O=S(=O)(O)c1cc2c(s1)-c1c(c(COCCCOCc3nn(Cc4ccccc4)c4c3CCc3ccsc3-4)nn1Cc1ccccc1)CC2. The number of hydrogen-bond acceptors (Lipinski definition) is 8. The average molecular weight is 713 g/mol. The maximum atomic E-state index is 11.9. The smallest absolute Gasteiger partial charge is 0.304 e. The van der Waals surface area contributed by atoms with Crippen LogP contribution < -0.4 is 0 Å². The number of rotatable bonds is 13. The minimum atomic E-state index is -4.29. The first-order valence-corrected chi connectivity index (χ1v) is 19.6. The van der Waals surface area contributed by atoms with Crippen molar-refractivity contribution in [3.63, 3.8) is 0 Å². The highest BCUT2D eigenvalue weighted by molar-refractivity contribution is 7.88. The van der Waals surface area contributed by atoms with Gasteiger partial charge in [0, 0.05) is 24.3 Å². The predicted molar refractivity (Wildman–Crippen MR) is 191 cm³/mol. The molecule has 2 aliphatic rings. The molecule has 252 valence electrons. The number of thiophene rings is 2. The summed E-state index contributed by atoms with van der Waals surface area (Å²) >= 11 is 2.90. The van der Waals surface area contributed by atoms with E-state index in [0.29, 0.717) is 39.4 Å². The predicted octanol–water partition coefficient (Wildman–Crippen LogP) is 7.20. The van der Waals surface area contributed by atoms with E-state index >= 15 is 0 Å². The fourth-order valence-corrected chi connectivity index (χ4v) is 9.89. The molecule has 0 saturated carbocycles. The van der Waals surface area contributed by atoms with Crippen LogP contribution in [0.4, 0.5) is 0 Å². The van der Waals surface area contributed by atoms with Crippen molar-refractivity contribution in [2.45, 2.75) is 62.6 Å². The van der Waals surface area contributed by atoms with E-state index in [2.05, 4.69) is 52.5 Å². The first-order chi connectivity index (χ1) is 23.9. The number of aromatic nitrogens is 4. The molecule has 0 saturated heterocycles. The summed E-state index contributed by atoms with van der Waals surface area (Å²) in [4.78, 5) is 2.17. The van der Waals surface area contributed by atoms with Crippen molar-refractivity contribution in [1.29, 1.82) is 0 Å². The third-order valence-corrected chi connectivity index (χ3v) is 12.6. The Balaban J connectivity index is 0.916. The summed E-state index contributed by atoms with van der Waals surface area (Å²) in [7, 11) is -4.29. The number of fused-ring (bicyclic) bond motifs is 6. The Bertz CT molecular complexity index is 2200. The largest absolute Gasteiger partial charge is 0.375 e. The maximum absolute atomic E-state index is 11.9. The van der Waals surface area contributed by atoms with Gasteiger partial charge < -0.3 is 9.47 Å². The zero-order valence-electron chi connectivity index (χ0n) is 26.9. The Morgan fingerprint density at radius 2 is 1.27 bits per heavy atom. The van der Waals surface area contributed by atoms with Gasteiger partial charge in [0.1, 0.15) is 4.21 Å². The average Bonchev–Trinajstić information content (AvgIpc) is 3.89. The molecule has 0 unspecified atom stereocenters. The van der Waals surface area contributed by atoms with Crippen LogP contribution in [0.2, 0.25) is 0 Å². The van der Waals surface area contributed by atoms with E-state index < -0.39 is 10.1 Å². The van der Waals surface area contributed by atoms with Gasteiger partial charge in [-0.1, -0.05) is 60.7 Å². The Hall–Kier alpha value is -3.91. The van der Waals surface area contributed by atoms with Crippen molar-refractivity contribution in [3.05, 3.63) is 123 Å². The lowest BCUT2D eigenvalue weighted by Gasteiger charge is -2.15. The van der Waals surface area contributed by atoms with Gasteiger partial charge in [-0.25, -0.2) is 0 Å². The Morgan fingerprint density at radius 3 is 1.84 bits per heavy atom. The number of benzene rings is 2. The van der Waals surface area contributed by atoms with Crippen LogP contribution in [0.1, 0.15) is 51.2 Å². The van der Waals surface area contributed by atoms with Crippen LogP contribution in [0.15, 0.2) is 82.4 Å². The molecule has 2 aromatic carbocycles. The van der Waals surface area contributed by atoms with E-state index in [0.717, 1.165) is 82.2 Å². The molecule has 8 rings (SSSR count). The lowest BCUT2D eigenvalue weighted by Crippen LogP contribution is -2.07. The summed E-state index contributed by atoms with van der Waals surface area (Å²) in [5, 5.41) is 12.2. The van der Waals surface area contributed by atoms with Gasteiger partial charge in [-0.2, -0.15) is 18.6 Å². The zero-order valence-corrected chi connectivity index (χ0v) is 29.3. The molecule has 0 spiro atoms. The van der Waals surface area contributed by atoms with E-state index in [-0.39, 0.29) is 4.21 Å². The summed E-state index contributed by atoms with van der Waals surface area (Å²) in [6, 6.07) is 24.4. The van der Waals surface area contributed by atoms with Crippen molar-refractivity contribution >= 4 is 32.8 Å². The molecule has 0 bridgehead atoms. The van der Waals surface area contributed by atoms with Crippen molar-refractivity contribution in [1.82, 2.24) is 19.6 Å². The highest BCUT2D eigenvalue weighted by Crippen LogP contribution is 2.43. The molecule has 2 aliphatic carbocycles. The van der Waals surface area contributed by atoms with E-state index in [9.17, 15) is 13.0 Å². The third kappa shape index (κ3) is 6.69. The van der Waals surface area contributed by atoms with E-state index in [1.165, 1.54) is 27.3 Å². The van der Waals surface area contributed by atoms with Crippen molar-refractivity contribution in [2.24, 2.45) is 0 Å². The van der Waals surface area contributed by atoms with Gasteiger partial charge in [-0.15, -0.1) is 22.7 Å². The second-order valence-electron chi connectivity index (χ2n) is 12.5. The summed E-state index contributed by atoms with van der Waals surface area (Å²) in [6.45, 7) is 3.19. The van der Waals surface area contributed by atoms with Crippen LogP contribution in [0, 0.1) is 0 Å². The number of hydrogen-bond donors (Lipinski definition) is 1. The molecule has 0 fully saturated rings. The Morgan fingerprint density at radius 1 is 0.714 bits per heavy atom. The summed E-state index contributed by atoms with van der Waals surface area (Å²) in [5.41, 5.74) is 11.1. The molecule has 9 nitrogen and oxygen atoms in total. The van der Waals surface area contributed by atoms with Gasteiger partial charge in [0.05, 0.1) is 58.8 Å². The lowest BCUT2D eigenvalue weighted by molar-refractivity contribution is 0.0666. The highest BCUT2D eigenvalue weighted by atomic mass is 32.3. The van der Waals surface area contributed by atoms with Gasteiger partial charge >= 0.3 is 10.1 Å². The molecule has 0 atom stereocenters. The first-order valence-electron chi connectivity index (χ1n) is 16.5. The number of nitrogens with zero attached hydrogens (tertiary/aromatic N) is 4. The Labute approximate surface area is 293 Å². The van der Waals surface area contributed by atoms with E-state index in [1.807, 2.05) is 28.9 Å². The monoisotopic (exact) mass is 712 g/mol. The minimum absolute atomic E-state index is 0.0321. The van der Waals surface area contributed by atoms with Crippen molar-refractivity contribution in [3.8, 4) is 21.1 Å². The van der Waals surface area contributed by atoms with Crippen LogP contribution in [0.25, 0.3) is 21.1 Å². The Kier molecular flexibility index (Phi) is 9.08. The first kappa shape index (κ1) is 32.3. The maximum Gasteiger partial charge on any atom is 0.304 e. The topological polar surface area (TPSA) is 108 Å². The van der Waals surface area contributed by atoms with Crippen LogP contribution in [0.3, 0.4) is 0 Å². The normalized spacial score (nSPS) is 13.6. The third-order valence-electron chi connectivity index (χ3n) is 9.18. The molecular weight excluding hydrogens is 677 g/mol. The second kappa shape index (κ2) is 13.8. The molecule has 4 heterocycles. The van der Waals surface area contributed by atoms with E-state index in [4.69, 9.17) is 19.7 Å². The molecule has 6 aromatic rings. The zero-order chi connectivity index (χ0) is 33.4. The number of ether oxygens (including phenoxy) is 2. The van der Waals surface area contributed by atoms with Crippen molar-refractivity contribution in [2.75, 3.05) is 13.2 Å².